The Morgan fingerprint density at radius 1 is 1.22 bits per heavy atom. The van der Waals surface area contributed by atoms with Gasteiger partial charge in [-0.2, -0.15) is 0 Å². The Kier molecular flexibility index (Phi) is 10.2. The van der Waals surface area contributed by atoms with E-state index in [1.165, 1.54) is 11.1 Å². The number of aliphatic imine (C=N–C) groups is 1. The van der Waals surface area contributed by atoms with Crippen molar-refractivity contribution in [3.05, 3.63) is 35.4 Å². The number of nitrogens with zero attached hydrogens (tertiary/aromatic N) is 1. The van der Waals surface area contributed by atoms with Gasteiger partial charge in [0.25, 0.3) is 0 Å². The van der Waals surface area contributed by atoms with Gasteiger partial charge in [0, 0.05) is 39.5 Å². The summed E-state index contributed by atoms with van der Waals surface area (Å²) in [7, 11) is 0. The first-order valence-corrected chi connectivity index (χ1v) is 10.5. The summed E-state index contributed by atoms with van der Waals surface area (Å²) in [5.41, 5.74) is 2.64. The molecule has 27 heavy (non-hydrogen) atoms. The zero-order chi connectivity index (χ0) is 19.3. The number of hydrogen-bond donors (Lipinski definition) is 2. The van der Waals surface area contributed by atoms with Crippen LogP contribution < -0.4 is 10.6 Å². The molecule has 0 amide bonds. The van der Waals surface area contributed by atoms with E-state index in [0.717, 1.165) is 71.2 Å². The van der Waals surface area contributed by atoms with E-state index in [9.17, 15) is 0 Å². The first-order valence-electron chi connectivity index (χ1n) is 10.5. The Balaban J connectivity index is 1.70. The second-order valence-corrected chi connectivity index (χ2v) is 7.21. The third kappa shape index (κ3) is 8.31. The van der Waals surface area contributed by atoms with E-state index < -0.39 is 0 Å². The molecular weight excluding hydrogens is 338 g/mol. The molecule has 1 aromatic rings. The topological polar surface area (TPSA) is 54.9 Å². The second kappa shape index (κ2) is 12.7. The predicted molar refractivity (Wildman–Crippen MR) is 112 cm³/mol. The van der Waals surface area contributed by atoms with Gasteiger partial charge in [-0.05, 0) is 56.6 Å². The van der Waals surface area contributed by atoms with Crippen molar-refractivity contribution in [3.8, 4) is 0 Å². The molecule has 0 bridgehead atoms. The fraction of sp³-hybridized carbons (Fsp3) is 0.682. The summed E-state index contributed by atoms with van der Waals surface area (Å²) >= 11 is 0. The van der Waals surface area contributed by atoms with E-state index in [-0.39, 0.29) is 6.04 Å². The van der Waals surface area contributed by atoms with Crippen molar-refractivity contribution in [2.45, 2.75) is 52.5 Å². The Morgan fingerprint density at radius 2 is 1.96 bits per heavy atom. The molecule has 2 rings (SSSR count). The molecule has 0 radical (unpaired) electrons. The minimum Gasteiger partial charge on any atom is -0.381 e. The fourth-order valence-corrected chi connectivity index (χ4v) is 3.17. The highest BCUT2D eigenvalue weighted by Gasteiger charge is 2.13. The van der Waals surface area contributed by atoms with Crippen LogP contribution in [0.3, 0.4) is 0 Å². The van der Waals surface area contributed by atoms with Crippen LogP contribution in [0.15, 0.2) is 29.3 Å². The molecule has 1 aliphatic heterocycles. The molecule has 5 nitrogen and oxygen atoms in total. The summed E-state index contributed by atoms with van der Waals surface area (Å²) < 4.78 is 11.2. The second-order valence-electron chi connectivity index (χ2n) is 7.21. The van der Waals surface area contributed by atoms with Crippen molar-refractivity contribution in [1.29, 1.82) is 0 Å². The molecular formula is C22H37N3O2. The molecule has 1 fully saturated rings. The molecule has 1 unspecified atom stereocenters. The van der Waals surface area contributed by atoms with Gasteiger partial charge in [-0.1, -0.05) is 31.2 Å². The SMILES string of the molecule is CCNC(=NCCCOCC1CCOCC1)NC(C)c1ccc(CC)cc1. The highest BCUT2D eigenvalue weighted by atomic mass is 16.5. The molecule has 0 aromatic heterocycles. The van der Waals surface area contributed by atoms with E-state index in [1.54, 1.807) is 0 Å². The molecule has 2 N–H and O–H groups in total. The number of aryl methyl sites for hydroxylation is 1. The minimum absolute atomic E-state index is 0.221. The van der Waals surface area contributed by atoms with Crippen LogP contribution in [-0.4, -0.2) is 45.5 Å². The lowest BCUT2D eigenvalue weighted by atomic mass is 10.0. The molecule has 1 atom stereocenters. The lowest BCUT2D eigenvalue weighted by molar-refractivity contribution is 0.0205. The third-order valence-corrected chi connectivity index (χ3v) is 5.00. The quantitative estimate of drug-likeness (QED) is 0.372. The molecule has 0 saturated carbocycles. The van der Waals surface area contributed by atoms with Crippen molar-refractivity contribution in [2.75, 3.05) is 39.5 Å². The monoisotopic (exact) mass is 375 g/mol. The van der Waals surface area contributed by atoms with Crippen molar-refractivity contribution in [1.82, 2.24) is 10.6 Å². The van der Waals surface area contributed by atoms with Crippen LogP contribution in [0.1, 0.15) is 57.2 Å². The number of rotatable bonds is 10. The Bertz CT molecular complexity index is 539. The summed E-state index contributed by atoms with van der Waals surface area (Å²) in [5.74, 6) is 1.54. The fourth-order valence-electron chi connectivity index (χ4n) is 3.17. The molecule has 152 valence electrons. The zero-order valence-corrected chi connectivity index (χ0v) is 17.3. The molecule has 1 heterocycles. The highest BCUT2D eigenvalue weighted by molar-refractivity contribution is 5.80. The van der Waals surface area contributed by atoms with Gasteiger partial charge in [-0.3, -0.25) is 4.99 Å². The van der Waals surface area contributed by atoms with Gasteiger partial charge in [0.05, 0.1) is 6.04 Å². The van der Waals surface area contributed by atoms with Gasteiger partial charge in [-0.15, -0.1) is 0 Å². The third-order valence-electron chi connectivity index (χ3n) is 5.00. The van der Waals surface area contributed by atoms with Gasteiger partial charge in [0.2, 0.25) is 0 Å². The maximum Gasteiger partial charge on any atom is 0.191 e. The van der Waals surface area contributed by atoms with E-state index in [0.29, 0.717) is 5.92 Å². The molecule has 0 aliphatic carbocycles. The smallest absolute Gasteiger partial charge is 0.191 e. The van der Waals surface area contributed by atoms with Crippen LogP contribution >= 0.6 is 0 Å². The van der Waals surface area contributed by atoms with Crippen molar-refractivity contribution >= 4 is 5.96 Å². The average Bonchev–Trinajstić information content (AvgIpc) is 2.71. The lowest BCUT2D eigenvalue weighted by Crippen LogP contribution is -2.38. The Hall–Kier alpha value is -1.59. The van der Waals surface area contributed by atoms with Gasteiger partial charge < -0.3 is 20.1 Å². The van der Waals surface area contributed by atoms with E-state index in [2.05, 4.69) is 55.7 Å². The summed E-state index contributed by atoms with van der Waals surface area (Å²) in [4.78, 5) is 4.69. The highest BCUT2D eigenvalue weighted by Crippen LogP contribution is 2.15. The number of ether oxygens (including phenoxy) is 2. The van der Waals surface area contributed by atoms with E-state index in [4.69, 9.17) is 14.5 Å². The van der Waals surface area contributed by atoms with Crippen LogP contribution in [-0.2, 0) is 15.9 Å². The van der Waals surface area contributed by atoms with E-state index in [1.807, 2.05) is 0 Å². The van der Waals surface area contributed by atoms with E-state index >= 15 is 0 Å². The van der Waals surface area contributed by atoms with Gasteiger partial charge >= 0.3 is 0 Å². The van der Waals surface area contributed by atoms with Crippen molar-refractivity contribution in [3.63, 3.8) is 0 Å². The van der Waals surface area contributed by atoms with Gasteiger partial charge in [0.15, 0.2) is 5.96 Å². The normalized spacial score (nSPS) is 16.9. The van der Waals surface area contributed by atoms with Gasteiger partial charge in [-0.25, -0.2) is 0 Å². The molecule has 0 spiro atoms. The number of hydrogen-bond acceptors (Lipinski definition) is 3. The Morgan fingerprint density at radius 3 is 2.63 bits per heavy atom. The first kappa shape index (κ1) is 21.7. The van der Waals surface area contributed by atoms with Crippen LogP contribution in [0.2, 0.25) is 0 Å². The number of benzene rings is 1. The summed E-state index contributed by atoms with van der Waals surface area (Å²) in [5, 5.41) is 6.83. The van der Waals surface area contributed by atoms with Crippen LogP contribution in [0.4, 0.5) is 0 Å². The van der Waals surface area contributed by atoms with Crippen LogP contribution in [0.25, 0.3) is 0 Å². The number of nitrogens with one attached hydrogen (secondary N) is 2. The molecule has 1 saturated heterocycles. The minimum atomic E-state index is 0.221. The van der Waals surface area contributed by atoms with Gasteiger partial charge in [0.1, 0.15) is 0 Å². The zero-order valence-electron chi connectivity index (χ0n) is 17.3. The maximum absolute atomic E-state index is 5.82. The molecule has 5 heteroatoms. The summed E-state index contributed by atoms with van der Waals surface area (Å²) in [6.07, 6.45) is 4.27. The summed E-state index contributed by atoms with van der Waals surface area (Å²) in [6.45, 7) is 11.5. The molecule has 1 aromatic carbocycles. The molecule has 1 aliphatic rings. The largest absolute Gasteiger partial charge is 0.381 e. The number of guanidine groups is 1. The predicted octanol–water partition coefficient (Wildman–Crippen LogP) is 3.70. The van der Waals surface area contributed by atoms with Crippen LogP contribution in [0.5, 0.6) is 0 Å². The maximum atomic E-state index is 5.82. The summed E-state index contributed by atoms with van der Waals surface area (Å²) in [6, 6.07) is 9.02. The Labute approximate surface area is 164 Å². The standard InChI is InChI=1S/C22H37N3O2/c1-4-19-7-9-21(10-8-19)18(3)25-22(23-5-2)24-13-6-14-27-17-20-11-15-26-16-12-20/h7-10,18,20H,4-6,11-17H2,1-3H3,(H2,23,24,25). The lowest BCUT2D eigenvalue weighted by Gasteiger charge is -2.21. The average molecular weight is 376 g/mol. The van der Waals surface area contributed by atoms with Crippen molar-refractivity contribution in [2.24, 2.45) is 10.9 Å². The first-order chi connectivity index (χ1) is 13.2. The van der Waals surface area contributed by atoms with Crippen molar-refractivity contribution < 1.29 is 9.47 Å². The van der Waals surface area contributed by atoms with Crippen LogP contribution in [0, 0.1) is 5.92 Å².